The molecule has 0 aromatic rings. The van der Waals surface area contributed by atoms with Crippen LogP contribution in [0.2, 0.25) is 0 Å². The first-order valence-electron chi connectivity index (χ1n) is 12.3. The summed E-state index contributed by atoms with van der Waals surface area (Å²) in [7, 11) is 0. The molecule has 1 N–H and O–H groups in total. The number of hydrogen-bond donors (Lipinski definition) is 1. The second kappa shape index (κ2) is 7.83. The number of Topliss-reactive ketones (excluding diaryl/α,β-unsaturated/α-hetero) is 1. The molecule has 0 heterocycles. The summed E-state index contributed by atoms with van der Waals surface area (Å²) in [6.45, 7) is 8.10. The normalized spacial score (nSPS) is 44.0. The van der Waals surface area contributed by atoms with Crippen molar-refractivity contribution in [1.29, 1.82) is 0 Å². The SMILES string of the molecule is CCCC(=O)O[C@]1(C(=O)CC)CC[C@H]2[C@@H]3CCC4=CC(=O)CC[C@]4(C)[C@H]3[C@@H](O)C[C@@]21C. The van der Waals surface area contributed by atoms with Gasteiger partial charge in [-0.1, -0.05) is 33.3 Å². The van der Waals surface area contributed by atoms with E-state index in [1.54, 1.807) is 0 Å². The van der Waals surface area contributed by atoms with Gasteiger partial charge in [0, 0.05) is 24.7 Å². The molecule has 4 aliphatic rings. The van der Waals surface area contributed by atoms with Crippen LogP contribution >= 0.6 is 0 Å². The minimum Gasteiger partial charge on any atom is -0.450 e. The van der Waals surface area contributed by atoms with Crippen LogP contribution in [0.1, 0.15) is 91.9 Å². The van der Waals surface area contributed by atoms with E-state index in [4.69, 9.17) is 4.74 Å². The number of rotatable bonds is 5. The highest BCUT2D eigenvalue weighted by molar-refractivity contribution is 5.92. The van der Waals surface area contributed by atoms with Crippen molar-refractivity contribution in [2.75, 3.05) is 0 Å². The molecule has 5 heteroatoms. The predicted octanol–water partition coefficient (Wildman–Crippen LogP) is 4.55. The van der Waals surface area contributed by atoms with Crippen molar-refractivity contribution in [3.63, 3.8) is 0 Å². The summed E-state index contributed by atoms with van der Waals surface area (Å²) in [5.41, 5.74) is -0.622. The molecule has 0 unspecified atom stereocenters. The van der Waals surface area contributed by atoms with Crippen LogP contribution in [0.4, 0.5) is 0 Å². The molecule has 3 saturated carbocycles. The van der Waals surface area contributed by atoms with Gasteiger partial charge in [0.2, 0.25) is 0 Å². The number of fused-ring (bicyclic) bond motifs is 5. The van der Waals surface area contributed by atoms with Crippen LogP contribution in [0.25, 0.3) is 0 Å². The molecule has 0 amide bonds. The third-order valence-corrected chi connectivity index (χ3v) is 9.53. The molecular weight excluding hydrogens is 392 g/mol. The number of aliphatic hydroxyl groups excluding tert-OH is 1. The average molecular weight is 431 g/mol. The fourth-order valence-electron chi connectivity index (χ4n) is 8.09. The molecule has 5 nitrogen and oxygen atoms in total. The summed E-state index contributed by atoms with van der Waals surface area (Å²) >= 11 is 0. The Morgan fingerprint density at radius 1 is 1.16 bits per heavy atom. The molecule has 31 heavy (non-hydrogen) atoms. The first kappa shape index (κ1) is 22.7. The quantitative estimate of drug-likeness (QED) is 0.647. The van der Waals surface area contributed by atoms with E-state index in [9.17, 15) is 19.5 Å². The Morgan fingerprint density at radius 3 is 2.58 bits per heavy atom. The van der Waals surface area contributed by atoms with Gasteiger partial charge in [-0.15, -0.1) is 0 Å². The van der Waals surface area contributed by atoms with E-state index >= 15 is 0 Å². The summed E-state index contributed by atoms with van der Waals surface area (Å²) in [4.78, 5) is 38.0. The second-order valence-corrected chi connectivity index (χ2v) is 10.9. The maximum atomic E-state index is 13.3. The molecule has 7 atom stereocenters. The predicted molar refractivity (Wildman–Crippen MR) is 117 cm³/mol. The van der Waals surface area contributed by atoms with Gasteiger partial charge in [-0.3, -0.25) is 14.4 Å². The first-order valence-corrected chi connectivity index (χ1v) is 12.3. The lowest BCUT2D eigenvalue weighted by molar-refractivity contribution is -0.201. The number of hydrogen-bond acceptors (Lipinski definition) is 5. The van der Waals surface area contributed by atoms with Crippen molar-refractivity contribution in [3.8, 4) is 0 Å². The summed E-state index contributed by atoms with van der Waals surface area (Å²) < 4.78 is 6.08. The van der Waals surface area contributed by atoms with Gasteiger partial charge in [0.05, 0.1) is 6.10 Å². The maximum absolute atomic E-state index is 13.3. The van der Waals surface area contributed by atoms with Crippen molar-refractivity contribution in [3.05, 3.63) is 11.6 Å². The lowest BCUT2D eigenvalue weighted by atomic mass is 9.45. The van der Waals surface area contributed by atoms with Crippen LogP contribution in [0.15, 0.2) is 11.6 Å². The van der Waals surface area contributed by atoms with E-state index in [2.05, 4.69) is 13.8 Å². The minimum atomic E-state index is -1.12. The summed E-state index contributed by atoms with van der Waals surface area (Å²) in [6.07, 6.45) is 7.64. The van der Waals surface area contributed by atoms with E-state index in [1.165, 1.54) is 5.57 Å². The summed E-state index contributed by atoms with van der Waals surface area (Å²) in [5.74, 6) is 0.519. The minimum absolute atomic E-state index is 0.00141. The zero-order valence-electron chi connectivity index (χ0n) is 19.5. The Labute approximate surface area is 186 Å². The van der Waals surface area contributed by atoms with Crippen LogP contribution < -0.4 is 0 Å². The summed E-state index contributed by atoms with van der Waals surface area (Å²) in [5, 5.41) is 11.5. The largest absolute Gasteiger partial charge is 0.450 e. The van der Waals surface area contributed by atoms with Gasteiger partial charge in [0.25, 0.3) is 0 Å². The lowest BCUT2D eigenvalue weighted by Crippen LogP contribution is -2.62. The van der Waals surface area contributed by atoms with Crippen molar-refractivity contribution in [2.24, 2.45) is 28.6 Å². The number of ether oxygens (including phenoxy) is 1. The number of ketones is 2. The topological polar surface area (TPSA) is 80.7 Å². The maximum Gasteiger partial charge on any atom is 0.306 e. The number of esters is 1. The van der Waals surface area contributed by atoms with Crippen molar-refractivity contribution >= 4 is 17.5 Å². The van der Waals surface area contributed by atoms with Crippen LogP contribution in [0.3, 0.4) is 0 Å². The fourth-order valence-corrected chi connectivity index (χ4v) is 8.09. The molecule has 172 valence electrons. The van der Waals surface area contributed by atoms with Crippen LogP contribution in [0, 0.1) is 28.6 Å². The van der Waals surface area contributed by atoms with Gasteiger partial charge in [0.15, 0.2) is 17.2 Å². The van der Waals surface area contributed by atoms with Crippen molar-refractivity contribution in [1.82, 2.24) is 0 Å². The van der Waals surface area contributed by atoms with Crippen LogP contribution in [0.5, 0.6) is 0 Å². The third-order valence-electron chi connectivity index (χ3n) is 9.53. The molecule has 0 spiro atoms. The van der Waals surface area contributed by atoms with Crippen LogP contribution in [-0.4, -0.2) is 34.3 Å². The number of allylic oxidation sites excluding steroid dienone is 1. The molecular formula is C26H38O5. The monoisotopic (exact) mass is 430 g/mol. The van der Waals surface area contributed by atoms with Gasteiger partial charge in [-0.05, 0) is 74.2 Å². The van der Waals surface area contributed by atoms with Gasteiger partial charge in [-0.25, -0.2) is 0 Å². The number of carbonyl (C=O) groups excluding carboxylic acids is 3. The van der Waals surface area contributed by atoms with Gasteiger partial charge in [0.1, 0.15) is 0 Å². The van der Waals surface area contributed by atoms with E-state index in [0.29, 0.717) is 38.5 Å². The van der Waals surface area contributed by atoms with Crippen molar-refractivity contribution < 1.29 is 24.2 Å². The Bertz CT molecular complexity index is 815. The Balaban J connectivity index is 1.73. The average Bonchev–Trinajstić information content (AvgIpc) is 3.00. The van der Waals surface area contributed by atoms with Gasteiger partial charge >= 0.3 is 5.97 Å². The van der Waals surface area contributed by atoms with Gasteiger partial charge < -0.3 is 9.84 Å². The van der Waals surface area contributed by atoms with E-state index in [0.717, 1.165) is 25.7 Å². The Kier molecular flexibility index (Phi) is 5.73. The molecule has 4 aliphatic carbocycles. The molecule has 0 bridgehead atoms. The molecule has 4 rings (SSSR count). The first-order chi connectivity index (χ1) is 14.6. The highest BCUT2D eigenvalue weighted by atomic mass is 16.6. The van der Waals surface area contributed by atoms with Gasteiger partial charge in [-0.2, -0.15) is 0 Å². The van der Waals surface area contributed by atoms with Crippen LogP contribution in [-0.2, 0) is 19.1 Å². The van der Waals surface area contributed by atoms with E-state index < -0.39 is 17.1 Å². The standard InChI is InChI=1S/C26H38O5/c1-5-7-22(30)31-26(21(29)6-2)13-11-19-18-9-8-16-14-17(27)10-12-24(16,3)23(18)20(28)15-25(19,26)4/h14,18-20,23,28H,5-13,15H2,1-4H3/t18-,19-,20-,23+,24-,25-,26-/m0/s1. The third kappa shape index (κ3) is 3.17. The number of carbonyl (C=O) groups is 3. The Morgan fingerprint density at radius 2 is 1.90 bits per heavy atom. The summed E-state index contributed by atoms with van der Waals surface area (Å²) in [6, 6.07) is 0. The molecule has 0 radical (unpaired) electrons. The smallest absolute Gasteiger partial charge is 0.306 e. The second-order valence-electron chi connectivity index (χ2n) is 10.9. The molecule has 3 fully saturated rings. The highest BCUT2D eigenvalue weighted by Gasteiger charge is 2.70. The molecule has 0 saturated heterocycles. The van der Waals surface area contributed by atoms with Crippen molar-refractivity contribution in [2.45, 2.75) is 104 Å². The zero-order valence-corrected chi connectivity index (χ0v) is 19.5. The number of aliphatic hydroxyl groups is 1. The van der Waals surface area contributed by atoms with E-state index in [-0.39, 0.29) is 40.7 Å². The van der Waals surface area contributed by atoms with E-state index in [1.807, 2.05) is 19.9 Å². The molecule has 0 aromatic carbocycles. The Hall–Kier alpha value is -1.49. The fraction of sp³-hybridized carbons (Fsp3) is 0.808. The highest BCUT2D eigenvalue weighted by Crippen LogP contribution is 2.68. The zero-order chi connectivity index (χ0) is 22.6. The lowest BCUT2D eigenvalue weighted by Gasteiger charge is -2.60. The molecule has 0 aromatic heterocycles. The molecule has 0 aliphatic heterocycles.